The number of carboxylic acids is 1. The number of hydrogen-bond donors (Lipinski definition) is 3. The number of aliphatic hydroxyl groups is 1. The number of carboxylic acid groups (broad SMARTS) is 1. The molecule has 0 amide bonds. The molecule has 0 bridgehead atoms. The van der Waals surface area contributed by atoms with Crippen LogP contribution >= 0.6 is 0 Å². The van der Waals surface area contributed by atoms with E-state index in [0.29, 0.717) is 25.9 Å². The van der Waals surface area contributed by atoms with Crippen LogP contribution in [-0.4, -0.2) is 29.3 Å². The van der Waals surface area contributed by atoms with Crippen LogP contribution in [0.1, 0.15) is 57.3 Å². The predicted octanol–water partition coefficient (Wildman–Crippen LogP) is 2.86. The molecular weight excluding hydrogens is 266 g/mol. The summed E-state index contributed by atoms with van der Waals surface area (Å²) in [5.74, 6) is -0.768. The van der Waals surface area contributed by atoms with E-state index >= 15 is 0 Å². The van der Waals surface area contributed by atoms with Crippen molar-refractivity contribution in [3.8, 4) is 0 Å². The molecule has 0 aliphatic rings. The zero-order valence-electron chi connectivity index (χ0n) is 13.2. The lowest BCUT2D eigenvalue weighted by Gasteiger charge is -2.20. The van der Waals surface area contributed by atoms with Crippen molar-refractivity contribution in [2.45, 2.75) is 51.6 Å². The van der Waals surface area contributed by atoms with E-state index in [1.807, 2.05) is 12.1 Å². The molecule has 3 N–H and O–H groups in total. The first-order valence-corrected chi connectivity index (χ1v) is 7.51. The number of aliphatic carboxylic acids is 1. The maximum absolute atomic E-state index is 10.4. The molecule has 4 nitrogen and oxygen atoms in total. The highest BCUT2D eigenvalue weighted by atomic mass is 16.4. The van der Waals surface area contributed by atoms with Crippen LogP contribution in [0.2, 0.25) is 0 Å². The summed E-state index contributed by atoms with van der Waals surface area (Å²) < 4.78 is 0. The second-order valence-electron chi connectivity index (χ2n) is 6.42. The molecule has 0 fully saturated rings. The fourth-order valence-corrected chi connectivity index (χ4v) is 2.10. The van der Waals surface area contributed by atoms with E-state index in [9.17, 15) is 9.90 Å². The molecule has 118 valence electrons. The van der Waals surface area contributed by atoms with E-state index in [1.54, 1.807) is 0 Å². The Morgan fingerprint density at radius 3 is 2.33 bits per heavy atom. The van der Waals surface area contributed by atoms with Gasteiger partial charge in [0, 0.05) is 6.42 Å². The number of hydrogen-bond acceptors (Lipinski definition) is 3. The Hall–Kier alpha value is -1.39. The third-order valence-electron chi connectivity index (χ3n) is 3.50. The third-order valence-corrected chi connectivity index (χ3v) is 3.50. The van der Waals surface area contributed by atoms with Gasteiger partial charge in [-0.3, -0.25) is 4.79 Å². The summed E-state index contributed by atoms with van der Waals surface area (Å²) in [6, 6.07) is 8.10. The van der Waals surface area contributed by atoms with Crippen molar-refractivity contribution >= 4 is 5.97 Å². The van der Waals surface area contributed by atoms with Gasteiger partial charge < -0.3 is 15.5 Å². The van der Waals surface area contributed by atoms with Gasteiger partial charge in [-0.05, 0) is 42.5 Å². The van der Waals surface area contributed by atoms with Crippen LogP contribution in [0.3, 0.4) is 0 Å². The highest BCUT2D eigenvalue weighted by Crippen LogP contribution is 2.24. The summed E-state index contributed by atoms with van der Waals surface area (Å²) in [5.41, 5.74) is 2.30. The van der Waals surface area contributed by atoms with Crippen LogP contribution in [-0.2, 0) is 10.2 Å². The average molecular weight is 293 g/mol. The fraction of sp³-hybridized carbons (Fsp3) is 0.588. The standard InChI is InChI=1S/C17H27NO3/c1-17(2,3)14-8-6-13(7-9-14)15(19)10-12-18-11-4-5-16(20)21/h6-9,15,18-19H,4-5,10-12H2,1-3H3,(H,20,21). The van der Waals surface area contributed by atoms with Crippen LogP contribution in [0.25, 0.3) is 0 Å². The van der Waals surface area contributed by atoms with Crippen molar-refractivity contribution in [2.75, 3.05) is 13.1 Å². The summed E-state index contributed by atoms with van der Waals surface area (Å²) in [6.07, 6.45) is 0.947. The van der Waals surface area contributed by atoms with Crippen molar-refractivity contribution in [3.05, 3.63) is 35.4 Å². The summed E-state index contributed by atoms with van der Waals surface area (Å²) in [6.45, 7) is 7.85. The van der Waals surface area contributed by atoms with Gasteiger partial charge in [0.1, 0.15) is 0 Å². The second kappa shape index (κ2) is 8.15. The van der Waals surface area contributed by atoms with E-state index in [2.05, 4.69) is 38.2 Å². The molecule has 1 rings (SSSR count). The molecule has 0 heterocycles. The van der Waals surface area contributed by atoms with Crippen LogP contribution in [0.5, 0.6) is 0 Å². The first kappa shape index (κ1) is 17.7. The van der Waals surface area contributed by atoms with E-state index in [-0.39, 0.29) is 11.8 Å². The van der Waals surface area contributed by atoms with Crippen molar-refractivity contribution in [1.29, 1.82) is 0 Å². The smallest absolute Gasteiger partial charge is 0.303 e. The Morgan fingerprint density at radius 2 is 1.81 bits per heavy atom. The lowest BCUT2D eigenvalue weighted by Crippen LogP contribution is -2.19. The van der Waals surface area contributed by atoms with E-state index in [4.69, 9.17) is 5.11 Å². The lowest BCUT2D eigenvalue weighted by atomic mass is 9.86. The number of carbonyl (C=O) groups is 1. The van der Waals surface area contributed by atoms with Gasteiger partial charge in [-0.15, -0.1) is 0 Å². The maximum Gasteiger partial charge on any atom is 0.303 e. The Morgan fingerprint density at radius 1 is 1.19 bits per heavy atom. The molecule has 1 atom stereocenters. The Kier molecular flexibility index (Phi) is 6.85. The molecule has 0 aromatic heterocycles. The van der Waals surface area contributed by atoms with Crippen molar-refractivity contribution < 1.29 is 15.0 Å². The van der Waals surface area contributed by atoms with Crippen molar-refractivity contribution in [3.63, 3.8) is 0 Å². The minimum Gasteiger partial charge on any atom is -0.481 e. The molecule has 0 spiro atoms. The predicted molar refractivity (Wildman–Crippen MR) is 84.5 cm³/mol. The topological polar surface area (TPSA) is 69.6 Å². The molecule has 1 unspecified atom stereocenters. The van der Waals surface area contributed by atoms with Crippen LogP contribution in [0.15, 0.2) is 24.3 Å². The lowest BCUT2D eigenvalue weighted by molar-refractivity contribution is -0.137. The van der Waals surface area contributed by atoms with E-state index in [1.165, 1.54) is 5.56 Å². The SMILES string of the molecule is CC(C)(C)c1ccc(C(O)CCNCCCC(=O)O)cc1. The molecule has 21 heavy (non-hydrogen) atoms. The first-order valence-electron chi connectivity index (χ1n) is 7.51. The number of nitrogens with one attached hydrogen (secondary N) is 1. The van der Waals surface area contributed by atoms with Crippen molar-refractivity contribution in [2.24, 2.45) is 0 Å². The van der Waals surface area contributed by atoms with Gasteiger partial charge in [-0.25, -0.2) is 0 Å². The Balaban J connectivity index is 2.32. The van der Waals surface area contributed by atoms with E-state index in [0.717, 1.165) is 5.56 Å². The van der Waals surface area contributed by atoms with Gasteiger partial charge in [0.05, 0.1) is 6.10 Å². The number of aliphatic hydroxyl groups excluding tert-OH is 1. The molecule has 4 heteroatoms. The van der Waals surface area contributed by atoms with Crippen LogP contribution < -0.4 is 5.32 Å². The Bertz CT molecular complexity index is 434. The summed E-state index contributed by atoms with van der Waals surface area (Å²) >= 11 is 0. The summed E-state index contributed by atoms with van der Waals surface area (Å²) in [5, 5.41) is 21.8. The zero-order valence-corrected chi connectivity index (χ0v) is 13.2. The first-order chi connectivity index (χ1) is 9.80. The van der Waals surface area contributed by atoms with Gasteiger partial charge in [0.15, 0.2) is 0 Å². The maximum atomic E-state index is 10.4. The monoisotopic (exact) mass is 293 g/mol. The largest absolute Gasteiger partial charge is 0.481 e. The molecule has 0 aliphatic heterocycles. The summed E-state index contributed by atoms with van der Waals surface area (Å²) in [7, 11) is 0. The highest BCUT2D eigenvalue weighted by Gasteiger charge is 2.14. The highest BCUT2D eigenvalue weighted by molar-refractivity contribution is 5.66. The molecule has 1 aromatic rings. The van der Waals surface area contributed by atoms with Gasteiger partial charge >= 0.3 is 5.97 Å². The third kappa shape index (κ3) is 6.74. The van der Waals surface area contributed by atoms with Gasteiger partial charge in [-0.1, -0.05) is 45.0 Å². The second-order valence-corrected chi connectivity index (χ2v) is 6.42. The van der Waals surface area contributed by atoms with Crippen LogP contribution in [0, 0.1) is 0 Å². The minimum atomic E-state index is -0.768. The van der Waals surface area contributed by atoms with Crippen molar-refractivity contribution in [1.82, 2.24) is 5.32 Å². The molecule has 0 radical (unpaired) electrons. The number of benzene rings is 1. The summed E-state index contributed by atoms with van der Waals surface area (Å²) in [4.78, 5) is 10.4. The molecule has 0 saturated heterocycles. The van der Waals surface area contributed by atoms with Gasteiger partial charge in [0.2, 0.25) is 0 Å². The van der Waals surface area contributed by atoms with Gasteiger partial charge in [0.25, 0.3) is 0 Å². The molecule has 0 saturated carbocycles. The zero-order chi connectivity index (χ0) is 15.9. The average Bonchev–Trinajstić information content (AvgIpc) is 2.41. The molecule has 1 aromatic carbocycles. The van der Waals surface area contributed by atoms with Gasteiger partial charge in [-0.2, -0.15) is 0 Å². The fourth-order valence-electron chi connectivity index (χ4n) is 2.10. The van der Waals surface area contributed by atoms with E-state index < -0.39 is 12.1 Å². The normalized spacial score (nSPS) is 13.1. The Labute approximate surface area is 127 Å². The van der Waals surface area contributed by atoms with Crippen LogP contribution in [0.4, 0.5) is 0 Å². The minimum absolute atomic E-state index is 0.120. The molecule has 0 aliphatic carbocycles. The molecular formula is C17H27NO3. The quantitative estimate of drug-likeness (QED) is 0.645. The number of rotatable bonds is 8.